The number of ether oxygens (including phenoxy) is 1. The Labute approximate surface area is 183 Å². The van der Waals surface area contributed by atoms with Crippen LogP contribution in [0, 0.1) is 0 Å². The lowest BCUT2D eigenvalue weighted by Crippen LogP contribution is -2.08. The van der Waals surface area contributed by atoms with Crippen LogP contribution in [0.4, 0.5) is 0 Å². The van der Waals surface area contributed by atoms with Gasteiger partial charge in [-0.15, -0.1) is 0 Å². The van der Waals surface area contributed by atoms with Crippen LogP contribution in [0.25, 0.3) is 22.2 Å². The predicted octanol–water partition coefficient (Wildman–Crippen LogP) is 4.35. The van der Waals surface area contributed by atoms with E-state index in [1.165, 1.54) is 6.07 Å². The van der Waals surface area contributed by atoms with Crippen LogP contribution in [0.5, 0.6) is 11.6 Å². The Hall–Kier alpha value is -4.52. The highest BCUT2D eigenvalue weighted by molar-refractivity contribution is 6.08. The number of ketones is 1. The summed E-state index contributed by atoms with van der Waals surface area (Å²) in [5.41, 5.74) is 3.37. The molecule has 0 saturated carbocycles. The number of nitrogens with one attached hydrogen (secondary N) is 1. The number of carbonyl (C=O) groups is 1. The normalized spacial score (nSPS) is 10.9. The van der Waals surface area contributed by atoms with Gasteiger partial charge in [0.05, 0.1) is 11.0 Å². The van der Waals surface area contributed by atoms with Crippen LogP contribution in [-0.2, 0) is 7.05 Å². The molecule has 0 amide bonds. The fraction of sp³-hybridized carbons (Fsp3) is 0.0400. The van der Waals surface area contributed by atoms with E-state index in [4.69, 9.17) is 4.74 Å². The summed E-state index contributed by atoms with van der Waals surface area (Å²) in [6, 6.07) is 21.3. The quantitative estimate of drug-likeness (QED) is 0.426. The minimum absolute atomic E-state index is 0.169. The number of benzene rings is 2. The Morgan fingerprint density at radius 1 is 1.00 bits per heavy atom. The van der Waals surface area contributed by atoms with Crippen LogP contribution >= 0.6 is 0 Å². The number of imidazole rings is 1. The van der Waals surface area contributed by atoms with Gasteiger partial charge >= 0.3 is 0 Å². The van der Waals surface area contributed by atoms with Crippen molar-refractivity contribution >= 4 is 16.8 Å². The van der Waals surface area contributed by atoms with Crippen molar-refractivity contribution in [3.63, 3.8) is 0 Å². The highest BCUT2D eigenvalue weighted by Gasteiger charge is 2.17. The van der Waals surface area contributed by atoms with Gasteiger partial charge in [-0.1, -0.05) is 12.1 Å². The SMILES string of the molecule is Cn1c(C(=O)c2ccc(Oc3ncccc3-c3cc[nH]c(=O)c3)cc2)nc2ccccc21. The Kier molecular flexibility index (Phi) is 4.84. The predicted molar refractivity (Wildman–Crippen MR) is 121 cm³/mol. The highest BCUT2D eigenvalue weighted by atomic mass is 16.5. The lowest BCUT2D eigenvalue weighted by atomic mass is 10.1. The molecule has 156 valence electrons. The number of pyridine rings is 2. The molecule has 3 heterocycles. The van der Waals surface area contributed by atoms with E-state index in [1.54, 1.807) is 53.4 Å². The van der Waals surface area contributed by atoms with Gasteiger partial charge in [0.2, 0.25) is 17.2 Å². The molecule has 1 N–H and O–H groups in total. The number of para-hydroxylation sites is 2. The molecule has 7 nitrogen and oxygen atoms in total. The molecule has 0 atom stereocenters. The summed E-state index contributed by atoms with van der Waals surface area (Å²) in [6.07, 6.45) is 3.20. The summed E-state index contributed by atoms with van der Waals surface area (Å²) in [4.78, 5) is 36.1. The second kappa shape index (κ2) is 7.96. The molecular weight excluding hydrogens is 404 g/mol. The van der Waals surface area contributed by atoms with Gasteiger partial charge in [-0.3, -0.25) is 9.59 Å². The molecule has 3 aromatic heterocycles. The summed E-state index contributed by atoms with van der Waals surface area (Å²) >= 11 is 0. The molecule has 0 bridgehead atoms. The van der Waals surface area contributed by atoms with E-state index < -0.39 is 0 Å². The smallest absolute Gasteiger partial charge is 0.248 e. The number of hydrogen-bond donors (Lipinski definition) is 1. The van der Waals surface area contributed by atoms with Crippen molar-refractivity contribution in [3.8, 4) is 22.8 Å². The lowest BCUT2D eigenvalue weighted by molar-refractivity contribution is 0.102. The van der Waals surface area contributed by atoms with E-state index in [2.05, 4.69) is 15.0 Å². The van der Waals surface area contributed by atoms with Crippen molar-refractivity contribution in [1.29, 1.82) is 0 Å². The van der Waals surface area contributed by atoms with Crippen molar-refractivity contribution in [3.05, 3.63) is 107 Å². The summed E-state index contributed by atoms with van der Waals surface area (Å²) in [5.74, 6) is 1.10. The average molecular weight is 422 g/mol. The van der Waals surface area contributed by atoms with E-state index in [-0.39, 0.29) is 11.3 Å². The molecular formula is C25H18N4O3. The second-order valence-electron chi connectivity index (χ2n) is 7.24. The topological polar surface area (TPSA) is 89.9 Å². The average Bonchev–Trinajstić information content (AvgIpc) is 3.16. The monoisotopic (exact) mass is 422 g/mol. The second-order valence-corrected chi connectivity index (χ2v) is 7.24. The molecule has 5 rings (SSSR count). The van der Waals surface area contributed by atoms with Gasteiger partial charge in [-0.2, -0.15) is 0 Å². The largest absolute Gasteiger partial charge is 0.438 e. The maximum Gasteiger partial charge on any atom is 0.248 e. The Balaban J connectivity index is 1.42. The summed E-state index contributed by atoms with van der Waals surface area (Å²) in [6.45, 7) is 0. The van der Waals surface area contributed by atoms with Crippen molar-refractivity contribution in [1.82, 2.24) is 19.5 Å². The van der Waals surface area contributed by atoms with Crippen molar-refractivity contribution in [2.24, 2.45) is 7.05 Å². The van der Waals surface area contributed by atoms with Gasteiger partial charge < -0.3 is 14.3 Å². The minimum atomic E-state index is -0.206. The number of aryl methyl sites for hydroxylation is 1. The van der Waals surface area contributed by atoms with Gasteiger partial charge in [0.25, 0.3) is 0 Å². The number of fused-ring (bicyclic) bond motifs is 1. The molecule has 5 aromatic rings. The molecule has 0 saturated heterocycles. The van der Waals surface area contributed by atoms with Crippen molar-refractivity contribution in [2.45, 2.75) is 0 Å². The van der Waals surface area contributed by atoms with E-state index in [0.29, 0.717) is 34.1 Å². The Morgan fingerprint density at radius 3 is 2.59 bits per heavy atom. The first-order chi connectivity index (χ1) is 15.6. The third kappa shape index (κ3) is 3.56. The van der Waals surface area contributed by atoms with Crippen LogP contribution in [0.1, 0.15) is 16.2 Å². The van der Waals surface area contributed by atoms with Crippen LogP contribution in [0.15, 0.2) is 90.0 Å². The third-order valence-electron chi connectivity index (χ3n) is 5.18. The maximum atomic E-state index is 13.0. The number of hydrogen-bond acceptors (Lipinski definition) is 5. The molecule has 7 heteroatoms. The van der Waals surface area contributed by atoms with E-state index in [0.717, 1.165) is 11.0 Å². The fourth-order valence-electron chi connectivity index (χ4n) is 3.57. The Bertz CT molecular complexity index is 1500. The van der Waals surface area contributed by atoms with Crippen LogP contribution in [-0.4, -0.2) is 25.3 Å². The number of aromatic amines is 1. The van der Waals surface area contributed by atoms with Crippen molar-refractivity contribution in [2.75, 3.05) is 0 Å². The van der Waals surface area contributed by atoms with E-state index in [9.17, 15) is 9.59 Å². The van der Waals surface area contributed by atoms with Crippen LogP contribution < -0.4 is 10.3 Å². The Morgan fingerprint density at radius 2 is 1.81 bits per heavy atom. The molecule has 0 fully saturated rings. The summed E-state index contributed by atoms with van der Waals surface area (Å²) in [7, 11) is 1.83. The molecule has 32 heavy (non-hydrogen) atoms. The summed E-state index contributed by atoms with van der Waals surface area (Å²) in [5, 5.41) is 0. The number of rotatable bonds is 5. The summed E-state index contributed by atoms with van der Waals surface area (Å²) < 4.78 is 7.76. The van der Waals surface area contributed by atoms with E-state index in [1.807, 2.05) is 37.4 Å². The highest BCUT2D eigenvalue weighted by Crippen LogP contribution is 2.30. The minimum Gasteiger partial charge on any atom is -0.438 e. The first-order valence-electron chi connectivity index (χ1n) is 9.98. The molecule has 0 unspecified atom stereocenters. The maximum absolute atomic E-state index is 13.0. The first kappa shape index (κ1) is 19.4. The number of H-pyrrole nitrogens is 1. The lowest BCUT2D eigenvalue weighted by Gasteiger charge is -2.10. The molecule has 0 spiro atoms. The van der Waals surface area contributed by atoms with E-state index >= 15 is 0 Å². The first-order valence-corrected chi connectivity index (χ1v) is 9.98. The molecule has 0 radical (unpaired) electrons. The zero-order valence-corrected chi connectivity index (χ0v) is 17.1. The zero-order valence-electron chi connectivity index (χ0n) is 17.1. The number of carbonyl (C=O) groups excluding carboxylic acids is 1. The fourth-order valence-corrected chi connectivity index (χ4v) is 3.57. The standard InChI is InChI=1S/C25H18N4O3/c1-29-21-7-3-2-6-20(21)28-24(29)23(31)16-8-10-18(11-9-16)32-25-19(5-4-13-27-25)17-12-14-26-22(30)15-17/h2-15H,1H3,(H,26,30). The molecule has 0 aliphatic carbocycles. The third-order valence-corrected chi connectivity index (χ3v) is 5.18. The van der Waals surface area contributed by atoms with Gasteiger partial charge in [0, 0.05) is 36.6 Å². The van der Waals surface area contributed by atoms with Crippen molar-refractivity contribution < 1.29 is 9.53 Å². The van der Waals surface area contributed by atoms with Crippen LogP contribution in [0.3, 0.4) is 0 Å². The zero-order chi connectivity index (χ0) is 22.1. The van der Waals surface area contributed by atoms with Gasteiger partial charge in [-0.25, -0.2) is 9.97 Å². The molecule has 0 aliphatic heterocycles. The molecule has 2 aromatic carbocycles. The number of aromatic nitrogens is 4. The van der Waals surface area contributed by atoms with Gasteiger partial charge in [0.1, 0.15) is 5.75 Å². The van der Waals surface area contributed by atoms with Gasteiger partial charge in [-0.05, 0) is 60.2 Å². The van der Waals surface area contributed by atoms with Gasteiger partial charge in [0.15, 0.2) is 5.82 Å². The number of nitrogens with zero attached hydrogens (tertiary/aromatic N) is 3. The molecule has 0 aliphatic rings. The van der Waals surface area contributed by atoms with Crippen LogP contribution in [0.2, 0.25) is 0 Å².